The molecule has 0 fully saturated rings. The normalized spacial score (nSPS) is 12.1. The summed E-state index contributed by atoms with van der Waals surface area (Å²) in [7, 11) is 0. The van der Waals surface area contributed by atoms with Crippen LogP contribution in [0.2, 0.25) is 0 Å². The fourth-order valence-corrected chi connectivity index (χ4v) is 7.09. The standard InChI is InChI=1S/C50H92N8O12/c1-3-4-5-6-7-8-9-10-11-12-13-14-15-16-17-21-47(61)54-23-26-65-29-33-69-39-49(63)56-25-28-67-31-34-70-40-50(64)55-24-27-66-30-32-68-38-48(62)53-22-19-18-20-45(42(2)59)57-37-46(60)44(51)35-43-36-52-41-58-43/h36,41,44-45,57H,3-35,37-40,51H2,1-2H3,(H,52,58)(H,53,62)(H,54,61)(H,55,64)(H,56,63)/t44-,45-/m0/s1. The number of carbonyl (C=O) groups excluding carboxylic acids is 6. The van der Waals surface area contributed by atoms with Gasteiger partial charge >= 0.3 is 0 Å². The van der Waals surface area contributed by atoms with Crippen LogP contribution in [0.1, 0.15) is 142 Å². The third-order valence-electron chi connectivity index (χ3n) is 11.2. The second-order valence-electron chi connectivity index (χ2n) is 17.5. The Balaban J connectivity index is 1.81. The summed E-state index contributed by atoms with van der Waals surface area (Å²) in [5.74, 6) is -1.04. The van der Waals surface area contributed by atoms with Crippen molar-refractivity contribution in [1.29, 1.82) is 0 Å². The molecule has 0 aliphatic heterocycles. The van der Waals surface area contributed by atoms with Gasteiger partial charge in [0.05, 0.1) is 84.4 Å². The molecule has 0 aliphatic carbocycles. The Hall–Kier alpha value is -3.89. The van der Waals surface area contributed by atoms with E-state index >= 15 is 0 Å². The number of imidazole rings is 1. The molecule has 8 N–H and O–H groups in total. The van der Waals surface area contributed by atoms with Crippen molar-refractivity contribution in [1.82, 2.24) is 36.6 Å². The van der Waals surface area contributed by atoms with Gasteiger partial charge in [-0.05, 0) is 32.6 Å². The van der Waals surface area contributed by atoms with Crippen molar-refractivity contribution < 1.29 is 57.2 Å². The van der Waals surface area contributed by atoms with Gasteiger partial charge < -0.3 is 65.7 Å². The summed E-state index contributed by atoms with van der Waals surface area (Å²) in [5, 5.41) is 14.0. The van der Waals surface area contributed by atoms with Gasteiger partial charge in [-0.3, -0.25) is 28.8 Å². The van der Waals surface area contributed by atoms with E-state index in [0.29, 0.717) is 65.0 Å². The Morgan fingerprint density at radius 2 is 0.971 bits per heavy atom. The molecule has 20 heteroatoms. The van der Waals surface area contributed by atoms with Crippen molar-refractivity contribution in [3.63, 3.8) is 0 Å². The summed E-state index contributed by atoms with van der Waals surface area (Å²) >= 11 is 0. The van der Waals surface area contributed by atoms with E-state index in [1.807, 2.05) is 0 Å². The smallest absolute Gasteiger partial charge is 0.246 e. The van der Waals surface area contributed by atoms with Crippen LogP contribution >= 0.6 is 0 Å². The van der Waals surface area contributed by atoms with Gasteiger partial charge in [-0.1, -0.05) is 96.8 Å². The maximum Gasteiger partial charge on any atom is 0.246 e. The van der Waals surface area contributed by atoms with E-state index in [0.717, 1.165) is 18.5 Å². The van der Waals surface area contributed by atoms with Crippen LogP contribution < -0.4 is 32.3 Å². The van der Waals surface area contributed by atoms with Crippen LogP contribution in [0.15, 0.2) is 12.5 Å². The first kappa shape index (κ1) is 64.1. The first-order valence-corrected chi connectivity index (χ1v) is 26.1. The van der Waals surface area contributed by atoms with E-state index in [1.54, 1.807) is 6.20 Å². The highest BCUT2D eigenvalue weighted by Gasteiger charge is 2.19. The molecular formula is C50H92N8O12. The number of H-pyrrole nitrogens is 1. The predicted octanol–water partition coefficient (Wildman–Crippen LogP) is 3.39. The molecule has 1 aromatic heterocycles. The molecule has 0 bridgehead atoms. The largest absolute Gasteiger partial charge is 0.377 e. The second-order valence-corrected chi connectivity index (χ2v) is 17.5. The van der Waals surface area contributed by atoms with Gasteiger partial charge in [0.15, 0.2) is 5.78 Å². The zero-order valence-electron chi connectivity index (χ0n) is 42.9. The van der Waals surface area contributed by atoms with Gasteiger partial charge in [0.1, 0.15) is 25.6 Å². The van der Waals surface area contributed by atoms with E-state index in [-0.39, 0.29) is 114 Å². The van der Waals surface area contributed by atoms with Crippen LogP contribution in [-0.2, 0) is 63.6 Å². The molecule has 0 unspecified atom stereocenters. The lowest BCUT2D eigenvalue weighted by Gasteiger charge is -2.17. The molecule has 0 aromatic carbocycles. The lowest BCUT2D eigenvalue weighted by molar-refractivity contribution is -0.127. The molecule has 4 amide bonds. The van der Waals surface area contributed by atoms with Crippen LogP contribution in [0.3, 0.4) is 0 Å². The third-order valence-corrected chi connectivity index (χ3v) is 11.2. The van der Waals surface area contributed by atoms with Gasteiger partial charge in [-0.15, -0.1) is 0 Å². The SMILES string of the molecule is CCCCCCCCCCCCCCCCCC(=O)NCCOCCOCC(=O)NCCOCCOCC(=O)NCCOCCOCC(=O)NCCCC[C@H](NCC(=O)[C@@H](N)Cc1cnc[nH]1)C(C)=O. The Bertz CT molecular complexity index is 1460. The summed E-state index contributed by atoms with van der Waals surface area (Å²) in [6.45, 7) is 7.28. The van der Waals surface area contributed by atoms with Crippen LogP contribution in [0.4, 0.5) is 0 Å². The molecule has 1 rings (SSSR count). The summed E-state index contributed by atoms with van der Waals surface area (Å²) < 4.78 is 32.3. The van der Waals surface area contributed by atoms with E-state index in [1.165, 1.54) is 96.7 Å². The molecule has 0 saturated heterocycles. The number of unbranched alkanes of at least 4 members (excludes halogenated alkanes) is 15. The van der Waals surface area contributed by atoms with E-state index < -0.39 is 12.1 Å². The highest BCUT2D eigenvalue weighted by molar-refractivity contribution is 5.87. The third kappa shape index (κ3) is 41.9. The minimum absolute atomic E-state index is 0.00716. The molecule has 2 atom stereocenters. The number of nitrogens with zero attached hydrogens (tertiary/aromatic N) is 1. The van der Waals surface area contributed by atoms with Gasteiger partial charge in [-0.25, -0.2) is 4.98 Å². The number of nitrogens with two attached hydrogens (primary N) is 1. The fraction of sp³-hybridized carbons (Fsp3) is 0.820. The molecule has 0 radical (unpaired) electrons. The second kappa shape index (κ2) is 47.4. The van der Waals surface area contributed by atoms with Crippen LogP contribution in [-0.4, -0.2) is 169 Å². The number of hydrogen-bond acceptors (Lipinski definition) is 15. The molecule has 1 aromatic rings. The van der Waals surface area contributed by atoms with Crippen molar-refractivity contribution >= 4 is 35.2 Å². The van der Waals surface area contributed by atoms with E-state index in [2.05, 4.69) is 43.5 Å². The van der Waals surface area contributed by atoms with Crippen LogP contribution in [0, 0.1) is 0 Å². The monoisotopic (exact) mass is 997 g/mol. The minimum Gasteiger partial charge on any atom is -0.377 e. The number of rotatable bonds is 52. The van der Waals surface area contributed by atoms with Gasteiger partial charge in [0.2, 0.25) is 23.6 Å². The first-order valence-electron chi connectivity index (χ1n) is 26.1. The number of Topliss-reactive ketones (excluding diaryl/α,β-unsaturated/α-hetero) is 2. The maximum atomic E-state index is 12.4. The number of aromatic nitrogens is 2. The Morgan fingerprint density at radius 3 is 1.41 bits per heavy atom. The minimum atomic E-state index is -0.700. The van der Waals surface area contributed by atoms with Crippen LogP contribution in [0.25, 0.3) is 0 Å². The predicted molar refractivity (Wildman–Crippen MR) is 268 cm³/mol. The summed E-state index contributed by atoms with van der Waals surface area (Å²) in [6, 6.07) is -1.17. The van der Waals surface area contributed by atoms with Gasteiger partial charge in [0, 0.05) is 50.9 Å². The van der Waals surface area contributed by atoms with E-state index in [9.17, 15) is 28.8 Å². The average molecular weight is 997 g/mol. The highest BCUT2D eigenvalue weighted by atomic mass is 16.5. The number of hydrogen-bond donors (Lipinski definition) is 7. The summed E-state index contributed by atoms with van der Waals surface area (Å²) in [5.41, 5.74) is 6.74. The number of aromatic amines is 1. The quantitative estimate of drug-likeness (QED) is 0.0461. The van der Waals surface area contributed by atoms with Crippen molar-refractivity contribution in [2.45, 2.75) is 154 Å². The zero-order chi connectivity index (χ0) is 51.0. The van der Waals surface area contributed by atoms with Gasteiger partial charge in [0.25, 0.3) is 0 Å². The highest BCUT2D eigenvalue weighted by Crippen LogP contribution is 2.14. The summed E-state index contributed by atoms with van der Waals surface area (Å²) in [4.78, 5) is 79.3. The zero-order valence-corrected chi connectivity index (χ0v) is 42.9. The lowest BCUT2D eigenvalue weighted by atomic mass is 10.0. The van der Waals surface area contributed by atoms with Crippen molar-refractivity contribution in [3.8, 4) is 0 Å². The fourth-order valence-electron chi connectivity index (χ4n) is 7.09. The van der Waals surface area contributed by atoms with Crippen molar-refractivity contribution in [2.24, 2.45) is 5.73 Å². The number of carbonyl (C=O) groups is 6. The Labute approximate surface area is 418 Å². The lowest BCUT2D eigenvalue weighted by Crippen LogP contribution is -2.44. The molecule has 1 heterocycles. The number of ketones is 2. The average Bonchev–Trinajstić information content (AvgIpc) is 3.86. The molecule has 70 heavy (non-hydrogen) atoms. The number of nitrogens with one attached hydrogen (secondary N) is 6. The van der Waals surface area contributed by atoms with E-state index in [4.69, 9.17) is 34.2 Å². The first-order chi connectivity index (χ1) is 34.1. The summed E-state index contributed by atoms with van der Waals surface area (Å²) in [6.07, 6.45) is 25.4. The number of ether oxygens (including phenoxy) is 6. The Kier molecular flexibility index (Phi) is 43.5. The molecule has 20 nitrogen and oxygen atoms in total. The molecule has 404 valence electrons. The molecule has 0 spiro atoms. The molecular weight excluding hydrogens is 905 g/mol. The van der Waals surface area contributed by atoms with Gasteiger partial charge in [-0.2, -0.15) is 0 Å². The number of amides is 4. The van der Waals surface area contributed by atoms with Crippen molar-refractivity contribution in [2.75, 3.05) is 112 Å². The molecule has 0 saturated carbocycles. The Morgan fingerprint density at radius 1 is 0.543 bits per heavy atom. The topological polar surface area (TPSA) is 273 Å². The van der Waals surface area contributed by atoms with Crippen molar-refractivity contribution in [3.05, 3.63) is 18.2 Å². The van der Waals surface area contributed by atoms with Crippen LogP contribution in [0.5, 0.6) is 0 Å². The molecule has 0 aliphatic rings. The maximum absolute atomic E-state index is 12.4.